The van der Waals surface area contributed by atoms with Gasteiger partial charge in [-0.05, 0) is 37.3 Å². The first-order valence-electron chi connectivity index (χ1n) is 6.98. The lowest BCUT2D eigenvalue weighted by Gasteiger charge is -2.03. The molecule has 3 nitrogen and oxygen atoms in total. The average molecular weight is 332 g/mol. The van der Waals surface area contributed by atoms with E-state index in [1.807, 2.05) is 31.2 Å². The third-order valence-corrected chi connectivity index (χ3v) is 3.90. The van der Waals surface area contributed by atoms with E-state index in [4.69, 9.17) is 4.18 Å². The maximum atomic E-state index is 13.2. The van der Waals surface area contributed by atoms with Gasteiger partial charge in [0.2, 0.25) is 0 Å². The number of rotatable bonds is 5. The highest BCUT2D eigenvalue weighted by molar-refractivity contribution is 7.94. The molecule has 0 bridgehead atoms. The molecule has 0 N–H and O–H groups in total. The minimum atomic E-state index is -0.897. The Hall–Kier alpha value is -2.18. The summed E-state index contributed by atoms with van der Waals surface area (Å²) in [5, 5.41) is 4.29. The molecule has 0 saturated carbocycles. The number of nitrogens with zero attached hydrogens (tertiary/aromatic N) is 2. The normalized spacial score (nSPS) is 10.9. The van der Waals surface area contributed by atoms with Crippen LogP contribution >= 0.6 is 12.0 Å². The van der Waals surface area contributed by atoms with Gasteiger partial charge < -0.3 is 4.18 Å². The summed E-state index contributed by atoms with van der Waals surface area (Å²) in [6.45, 7) is 2.34. The first kappa shape index (κ1) is 15.7. The van der Waals surface area contributed by atoms with Gasteiger partial charge >= 0.3 is 0 Å². The highest BCUT2D eigenvalue weighted by Gasteiger charge is 2.06. The molecule has 6 heteroatoms. The van der Waals surface area contributed by atoms with Crippen LogP contribution in [0.3, 0.4) is 0 Å². The Bertz CT molecular complexity index is 803. The van der Waals surface area contributed by atoms with Gasteiger partial charge in [0.1, 0.15) is 6.61 Å². The van der Waals surface area contributed by atoms with Crippen LogP contribution < -0.4 is 0 Å². The zero-order valence-corrected chi connectivity index (χ0v) is 13.2. The molecule has 0 spiro atoms. The number of halogens is 2. The molecule has 0 amide bonds. The molecular formula is C17H14F2N2OS. The van der Waals surface area contributed by atoms with Crippen molar-refractivity contribution in [1.82, 2.24) is 9.78 Å². The summed E-state index contributed by atoms with van der Waals surface area (Å²) < 4.78 is 33.2. The van der Waals surface area contributed by atoms with Gasteiger partial charge in [-0.3, -0.25) is 0 Å². The fraction of sp³-hybridized carbons (Fsp3) is 0.118. The first-order chi connectivity index (χ1) is 11.1. The molecule has 0 radical (unpaired) electrons. The third-order valence-electron chi connectivity index (χ3n) is 3.19. The van der Waals surface area contributed by atoms with Crippen molar-refractivity contribution < 1.29 is 13.0 Å². The van der Waals surface area contributed by atoms with Crippen molar-refractivity contribution >= 4 is 12.0 Å². The predicted molar refractivity (Wildman–Crippen MR) is 85.3 cm³/mol. The molecule has 1 heterocycles. The Morgan fingerprint density at radius 2 is 1.83 bits per heavy atom. The van der Waals surface area contributed by atoms with Crippen molar-refractivity contribution in [3.63, 3.8) is 0 Å². The molecule has 0 unspecified atom stereocenters. The van der Waals surface area contributed by atoms with Gasteiger partial charge in [0.05, 0.1) is 11.4 Å². The number of benzene rings is 2. The smallest absolute Gasteiger partial charge is 0.160 e. The Kier molecular flexibility index (Phi) is 4.73. The number of aryl methyl sites for hydroxylation is 1. The predicted octanol–water partition coefficient (Wildman–Crippen LogP) is 4.68. The van der Waals surface area contributed by atoms with Gasteiger partial charge in [-0.1, -0.05) is 17.7 Å². The summed E-state index contributed by atoms with van der Waals surface area (Å²) in [4.78, 5) is 1.01. The molecule has 0 aliphatic carbocycles. The molecule has 118 valence electrons. The Balaban J connectivity index is 1.60. The van der Waals surface area contributed by atoms with Gasteiger partial charge in [0.15, 0.2) is 11.6 Å². The van der Waals surface area contributed by atoms with E-state index >= 15 is 0 Å². The van der Waals surface area contributed by atoms with Crippen LogP contribution in [0.25, 0.3) is 5.69 Å². The molecule has 3 rings (SSSR count). The van der Waals surface area contributed by atoms with E-state index in [0.29, 0.717) is 18.0 Å². The van der Waals surface area contributed by atoms with Crippen LogP contribution in [0.5, 0.6) is 0 Å². The lowest BCUT2D eigenvalue weighted by molar-refractivity contribution is 0.356. The Morgan fingerprint density at radius 3 is 2.57 bits per heavy atom. The molecule has 0 atom stereocenters. The van der Waals surface area contributed by atoms with Gasteiger partial charge in [-0.25, -0.2) is 13.5 Å². The van der Waals surface area contributed by atoms with E-state index in [2.05, 4.69) is 5.10 Å². The molecule has 23 heavy (non-hydrogen) atoms. The van der Waals surface area contributed by atoms with Gasteiger partial charge in [0.25, 0.3) is 0 Å². The number of hydrogen-bond acceptors (Lipinski definition) is 3. The maximum absolute atomic E-state index is 13.2. The van der Waals surface area contributed by atoms with Crippen LogP contribution in [0.1, 0.15) is 11.3 Å². The van der Waals surface area contributed by atoms with E-state index in [1.165, 1.54) is 28.4 Å². The minimum Gasteiger partial charge on any atom is -0.304 e. The monoisotopic (exact) mass is 332 g/mol. The molecule has 2 aromatic carbocycles. The lowest BCUT2D eigenvalue weighted by atomic mass is 10.2. The van der Waals surface area contributed by atoms with Crippen molar-refractivity contribution in [3.8, 4) is 5.69 Å². The van der Waals surface area contributed by atoms with E-state index in [9.17, 15) is 8.78 Å². The summed E-state index contributed by atoms with van der Waals surface area (Å²) in [5.74, 6) is -1.77. The molecule has 0 fully saturated rings. The minimum absolute atomic E-state index is 0.315. The summed E-state index contributed by atoms with van der Waals surface area (Å²) in [5.41, 5.74) is 2.36. The zero-order valence-electron chi connectivity index (χ0n) is 12.4. The van der Waals surface area contributed by atoms with Crippen LogP contribution in [0.4, 0.5) is 8.78 Å². The quantitative estimate of drug-likeness (QED) is 0.635. The van der Waals surface area contributed by atoms with Crippen LogP contribution in [-0.4, -0.2) is 9.78 Å². The Morgan fingerprint density at radius 1 is 1.04 bits per heavy atom. The molecule has 0 aliphatic heterocycles. The van der Waals surface area contributed by atoms with Crippen LogP contribution in [0.15, 0.2) is 59.6 Å². The van der Waals surface area contributed by atoms with Crippen LogP contribution in [0.2, 0.25) is 0 Å². The molecular weight excluding hydrogens is 318 g/mol. The lowest BCUT2D eigenvalue weighted by Crippen LogP contribution is -1.98. The van der Waals surface area contributed by atoms with Crippen LogP contribution in [0, 0.1) is 18.6 Å². The second-order valence-corrected chi connectivity index (χ2v) is 5.88. The van der Waals surface area contributed by atoms with E-state index in [0.717, 1.165) is 17.0 Å². The van der Waals surface area contributed by atoms with Gasteiger partial charge in [-0.2, -0.15) is 5.10 Å². The van der Waals surface area contributed by atoms with Crippen molar-refractivity contribution in [2.45, 2.75) is 18.4 Å². The van der Waals surface area contributed by atoms with Crippen molar-refractivity contribution in [2.24, 2.45) is 0 Å². The fourth-order valence-corrected chi connectivity index (χ4v) is 2.52. The molecule has 0 saturated heterocycles. The van der Waals surface area contributed by atoms with Gasteiger partial charge in [-0.15, -0.1) is 0 Å². The highest BCUT2D eigenvalue weighted by atomic mass is 32.2. The molecule has 0 aliphatic rings. The summed E-state index contributed by atoms with van der Waals surface area (Å²) in [6.07, 6.45) is 1.68. The molecule has 3 aromatic rings. The average Bonchev–Trinajstić information content (AvgIpc) is 3.01. The van der Waals surface area contributed by atoms with Crippen molar-refractivity contribution in [1.29, 1.82) is 0 Å². The summed E-state index contributed by atoms with van der Waals surface area (Å²) >= 11 is 1.27. The largest absolute Gasteiger partial charge is 0.304 e. The zero-order chi connectivity index (χ0) is 16.2. The van der Waals surface area contributed by atoms with E-state index in [-0.39, 0.29) is 0 Å². The second-order valence-electron chi connectivity index (χ2n) is 5.01. The fourth-order valence-electron chi connectivity index (χ4n) is 1.96. The SMILES string of the molecule is Cc1ccc(SOCc2ccn(-c3ccc(F)c(F)c3)n2)cc1. The third kappa shape index (κ3) is 3.97. The standard InChI is InChI=1S/C17H14F2N2OS/c1-12-2-5-15(6-3-12)23-22-11-13-8-9-21(20-13)14-4-7-16(18)17(19)10-14/h2-10H,11H2,1H3. The maximum Gasteiger partial charge on any atom is 0.160 e. The molecule has 1 aromatic heterocycles. The van der Waals surface area contributed by atoms with Crippen LogP contribution in [-0.2, 0) is 10.8 Å². The number of aromatic nitrogens is 2. The Labute approximate surface area is 137 Å². The summed E-state index contributed by atoms with van der Waals surface area (Å²) in [6, 6.07) is 13.4. The first-order valence-corrected chi connectivity index (χ1v) is 7.72. The van der Waals surface area contributed by atoms with Crippen molar-refractivity contribution in [2.75, 3.05) is 0 Å². The summed E-state index contributed by atoms with van der Waals surface area (Å²) in [7, 11) is 0. The topological polar surface area (TPSA) is 27.1 Å². The highest BCUT2D eigenvalue weighted by Crippen LogP contribution is 2.21. The van der Waals surface area contributed by atoms with Gasteiger partial charge in [0, 0.05) is 29.2 Å². The van der Waals surface area contributed by atoms with E-state index in [1.54, 1.807) is 12.3 Å². The van der Waals surface area contributed by atoms with Crippen molar-refractivity contribution in [3.05, 3.63) is 77.6 Å². The van der Waals surface area contributed by atoms with E-state index < -0.39 is 11.6 Å². The number of hydrogen-bond donors (Lipinski definition) is 0. The second kappa shape index (κ2) is 6.93.